The topological polar surface area (TPSA) is 46.5 Å². The molecule has 0 aromatic heterocycles. The van der Waals surface area contributed by atoms with Crippen LogP contribution in [0.4, 0.5) is 0 Å². The molecule has 94 valence electrons. The molecule has 3 nitrogen and oxygen atoms in total. The number of benzene rings is 2. The molecule has 4 heteroatoms. The molecule has 1 aliphatic heterocycles. The van der Waals surface area contributed by atoms with Gasteiger partial charge in [0.25, 0.3) is 10.0 Å². The van der Waals surface area contributed by atoms with Gasteiger partial charge in [-0.15, -0.1) is 0 Å². The molecule has 0 unspecified atom stereocenters. The highest BCUT2D eigenvalue weighted by Gasteiger charge is 2.26. The van der Waals surface area contributed by atoms with Gasteiger partial charge in [-0.3, -0.25) is 0 Å². The molecule has 0 saturated carbocycles. The van der Waals surface area contributed by atoms with Crippen molar-refractivity contribution in [1.29, 1.82) is 0 Å². The Kier molecular flexibility index (Phi) is 2.80. The number of hydrogen-bond acceptors (Lipinski definition) is 2. The Morgan fingerprint density at radius 1 is 0.842 bits per heavy atom. The van der Waals surface area contributed by atoms with Crippen molar-refractivity contribution in [3.63, 3.8) is 0 Å². The third-order valence-corrected chi connectivity index (χ3v) is 4.24. The first-order chi connectivity index (χ1) is 9.17. The second-order valence-corrected chi connectivity index (χ2v) is 5.76. The van der Waals surface area contributed by atoms with Crippen LogP contribution in [0.3, 0.4) is 0 Å². The van der Waals surface area contributed by atoms with Crippen molar-refractivity contribution >= 4 is 21.8 Å². The molecule has 2 aromatic rings. The van der Waals surface area contributed by atoms with E-state index in [1.54, 1.807) is 24.3 Å². The van der Waals surface area contributed by atoms with Gasteiger partial charge in [0.2, 0.25) is 0 Å². The summed E-state index contributed by atoms with van der Waals surface area (Å²) in [4.78, 5) is 0.280. The maximum absolute atomic E-state index is 11.9. The number of fused-ring (bicyclic) bond motifs is 1. The molecule has 1 heterocycles. The van der Waals surface area contributed by atoms with E-state index >= 15 is 0 Å². The first kappa shape index (κ1) is 11.9. The third-order valence-electron chi connectivity index (χ3n) is 2.89. The van der Waals surface area contributed by atoms with Crippen molar-refractivity contribution in [2.75, 3.05) is 0 Å². The van der Waals surface area contributed by atoms with E-state index in [0.29, 0.717) is 11.3 Å². The summed E-state index contributed by atoms with van der Waals surface area (Å²) in [5.74, 6) is 0. The van der Waals surface area contributed by atoms with Gasteiger partial charge < -0.3 is 0 Å². The maximum atomic E-state index is 11.9. The molecule has 0 amide bonds. The first-order valence-corrected chi connectivity index (χ1v) is 7.28. The highest BCUT2D eigenvalue weighted by Crippen LogP contribution is 2.26. The molecule has 19 heavy (non-hydrogen) atoms. The summed E-state index contributed by atoms with van der Waals surface area (Å²) in [5, 5.41) is 0. The summed E-state index contributed by atoms with van der Waals surface area (Å²) in [7, 11) is -3.52. The minimum atomic E-state index is -3.52. The van der Waals surface area contributed by atoms with Gasteiger partial charge in [0, 0.05) is 5.56 Å². The van der Waals surface area contributed by atoms with E-state index in [2.05, 4.69) is 4.40 Å². The lowest BCUT2D eigenvalue weighted by Crippen LogP contribution is -1.93. The SMILES string of the molecule is O=S1(=O)N=C(C=Cc2ccccc2)c2ccccc21. The molecule has 0 spiro atoms. The predicted octanol–water partition coefficient (Wildman–Crippen LogP) is 2.89. The van der Waals surface area contributed by atoms with Crippen LogP contribution in [0.2, 0.25) is 0 Å². The average Bonchev–Trinajstić information content (AvgIpc) is 2.70. The molecule has 2 aromatic carbocycles. The fourth-order valence-electron chi connectivity index (χ4n) is 1.99. The minimum Gasteiger partial charge on any atom is -0.199 e. The lowest BCUT2D eigenvalue weighted by atomic mass is 10.1. The van der Waals surface area contributed by atoms with Crippen LogP contribution in [0, 0.1) is 0 Å². The molecule has 0 atom stereocenters. The molecule has 0 fully saturated rings. The molecule has 0 saturated heterocycles. The Balaban J connectivity index is 2.02. The van der Waals surface area contributed by atoms with Gasteiger partial charge in [-0.1, -0.05) is 54.6 Å². The lowest BCUT2D eigenvalue weighted by molar-refractivity contribution is 0.599. The van der Waals surface area contributed by atoms with E-state index in [-0.39, 0.29) is 4.90 Å². The Morgan fingerprint density at radius 2 is 1.53 bits per heavy atom. The van der Waals surface area contributed by atoms with Gasteiger partial charge >= 0.3 is 0 Å². The van der Waals surface area contributed by atoms with Gasteiger partial charge in [-0.05, 0) is 17.7 Å². The monoisotopic (exact) mass is 269 g/mol. The van der Waals surface area contributed by atoms with E-state index in [0.717, 1.165) is 5.56 Å². The molecule has 0 aliphatic carbocycles. The first-order valence-electron chi connectivity index (χ1n) is 5.84. The number of allylic oxidation sites excluding steroid dienone is 1. The number of hydrogen-bond donors (Lipinski definition) is 0. The van der Waals surface area contributed by atoms with Gasteiger partial charge in [0.1, 0.15) is 0 Å². The highest BCUT2D eigenvalue weighted by atomic mass is 32.2. The van der Waals surface area contributed by atoms with E-state index in [1.807, 2.05) is 42.5 Å². The minimum absolute atomic E-state index is 0.280. The number of nitrogens with zero attached hydrogens (tertiary/aromatic N) is 1. The van der Waals surface area contributed by atoms with Crippen molar-refractivity contribution in [2.24, 2.45) is 4.40 Å². The second kappa shape index (κ2) is 4.48. The smallest absolute Gasteiger partial charge is 0.199 e. The zero-order valence-electron chi connectivity index (χ0n) is 10.0. The van der Waals surface area contributed by atoms with Crippen molar-refractivity contribution in [2.45, 2.75) is 4.90 Å². The van der Waals surface area contributed by atoms with Crippen LogP contribution in [0.25, 0.3) is 6.08 Å². The zero-order chi connectivity index (χ0) is 13.3. The Labute approximate surface area is 112 Å². The van der Waals surface area contributed by atoms with Crippen LogP contribution in [0.5, 0.6) is 0 Å². The van der Waals surface area contributed by atoms with Crippen LogP contribution in [0.1, 0.15) is 11.1 Å². The van der Waals surface area contributed by atoms with Crippen LogP contribution < -0.4 is 0 Å². The summed E-state index contributed by atoms with van der Waals surface area (Å²) < 4.78 is 27.5. The van der Waals surface area contributed by atoms with Crippen LogP contribution in [-0.4, -0.2) is 14.1 Å². The Bertz CT molecular complexity index is 775. The average molecular weight is 269 g/mol. The summed E-state index contributed by atoms with van der Waals surface area (Å²) in [6.07, 6.45) is 3.59. The molecule has 0 N–H and O–H groups in total. The predicted molar refractivity (Wildman–Crippen MR) is 75.6 cm³/mol. The van der Waals surface area contributed by atoms with Crippen LogP contribution >= 0.6 is 0 Å². The standard InChI is InChI=1S/C15H11NO2S/c17-19(18)15-9-5-4-8-13(15)14(16-19)11-10-12-6-2-1-3-7-12/h1-11H. The summed E-state index contributed by atoms with van der Waals surface area (Å²) in [5.41, 5.74) is 2.15. The van der Waals surface area contributed by atoms with E-state index < -0.39 is 10.0 Å². The van der Waals surface area contributed by atoms with Gasteiger partial charge in [0.15, 0.2) is 0 Å². The molecule has 3 rings (SSSR count). The van der Waals surface area contributed by atoms with E-state index in [9.17, 15) is 8.42 Å². The van der Waals surface area contributed by atoms with Crippen molar-refractivity contribution in [1.82, 2.24) is 0 Å². The summed E-state index contributed by atoms with van der Waals surface area (Å²) in [6.45, 7) is 0. The van der Waals surface area contributed by atoms with Crippen LogP contribution in [-0.2, 0) is 10.0 Å². The van der Waals surface area contributed by atoms with E-state index in [1.165, 1.54) is 0 Å². The Hall–Kier alpha value is -2.20. The van der Waals surface area contributed by atoms with Crippen LogP contribution in [0.15, 0.2) is 70.0 Å². The molecular formula is C15H11NO2S. The van der Waals surface area contributed by atoms with Crippen molar-refractivity contribution in [3.05, 3.63) is 71.8 Å². The summed E-state index contributed by atoms with van der Waals surface area (Å²) in [6, 6.07) is 16.6. The Morgan fingerprint density at radius 3 is 2.32 bits per heavy atom. The second-order valence-electron chi connectivity index (χ2n) is 4.19. The zero-order valence-corrected chi connectivity index (χ0v) is 10.8. The summed E-state index contributed by atoms with van der Waals surface area (Å²) >= 11 is 0. The van der Waals surface area contributed by atoms with Gasteiger partial charge in [-0.2, -0.15) is 12.8 Å². The maximum Gasteiger partial charge on any atom is 0.283 e. The fourth-order valence-corrected chi connectivity index (χ4v) is 3.21. The van der Waals surface area contributed by atoms with Crippen molar-refractivity contribution in [3.8, 4) is 0 Å². The quantitative estimate of drug-likeness (QED) is 0.841. The van der Waals surface area contributed by atoms with Gasteiger partial charge in [-0.25, -0.2) is 0 Å². The highest BCUT2D eigenvalue weighted by molar-refractivity contribution is 7.90. The fraction of sp³-hybridized carbons (Fsp3) is 0. The number of sulfonamides is 1. The normalized spacial score (nSPS) is 16.3. The molecular weight excluding hydrogens is 258 g/mol. The lowest BCUT2D eigenvalue weighted by Gasteiger charge is -1.96. The largest absolute Gasteiger partial charge is 0.283 e. The third kappa shape index (κ3) is 2.22. The molecule has 1 aliphatic rings. The molecule has 0 radical (unpaired) electrons. The van der Waals surface area contributed by atoms with E-state index in [4.69, 9.17) is 0 Å². The number of rotatable bonds is 2. The van der Waals surface area contributed by atoms with Gasteiger partial charge in [0.05, 0.1) is 10.6 Å². The molecule has 0 bridgehead atoms. The van der Waals surface area contributed by atoms with Crippen molar-refractivity contribution < 1.29 is 8.42 Å².